The van der Waals surface area contributed by atoms with Gasteiger partial charge in [0.2, 0.25) is 0 Å². The molecular formula is C27H23BrN2O4S2. The van der Waals surface area contributed by atoms with Gasteiger partial charge >= 0.3 is 0 Å². The van der Waals surface area contributed by atoms with E-state index in [4.69, 9.17) is 21.7 Å². The first-order chi connectivity index (χ1) is 17.3. The van der Waals surface area contributed by atoms with Gasteiger partial charge in [0.1, 0.15) is 0 Å². The Balaban J connectivity index is 1.47. The number of hydrogen-bond acceptors (Lipinski definition) is 6. The molecule has 6 nitrogen and oxygen atoms in total. The molecule has 1 fully saturated rings. The van der Waals surface area contributed by atoms with Crippen molar-refractivity contribution in [1.82, 2.24) is 0 Å². The van der Waals surface area contributed by atoms with Crippen molar-refractivity contribution >= 4 is 73.5 Å². The zero-order valence-electron chi connectivity index (χ0n) is 19.6. The molecule has 0 radical (unpaired) electrons. The topological polar surface area (TPSA) is 67.9 Å². The van der Waals surface area contributed by atoms with Crippen molar-refractivity contribution in [2.45, 2.75) is 13.8 Å². The molecule has 1 aliphatic heterocycles. The molecule has 1 N–H and O–H groups in total. The van der Waals surface area contributed by atoms with E-state index in [0.717, 1.165) is 15.6 Å². The lowest BCUT2D eigenvalue weighted by atomic mass is 10.1. The van der Waals surface area contributed by atoms with Gasteiger partial charge in [-0.15, -0.1) is 0 Å². The Morgan fingerprint density at radius 3 is 2.47 bits per heavy atom. The molecule has 0 aliphatic carbocycles. The van der Waals surface area contributed by atoms with Crippen molar-refractivity contribution in [2.75, 3.05) is 23.4 Å². The first-order valence-corrected chi connectivity index (χ1v) is 13.2. The lowest BCUT2D eigenvalue weighted by molar-refractivity contribution is -0.118. The molecule has 0 aromatic heterocycles. The number of thioether (sulfide) groups is 1. The number of halogens is 1. The molecule has 0 spiro atoms. The van der Waals surface area contributed by atoms with Gasteiger partial charge in [-0.3, -0.25) is 14.5 Å². The van der Waals surface area contributed by atoms with Gasteiger partial charge in [0, 0.05) is 10.2 Å². The van der Waals surface area contributed by atoms with Crippen LogP contribution in [0.25, 0.3) is 6.08 Å². The van der Waals surface area contributed by atoms with Gasteiger partial charge in [-0.05, 0) is 74.0 Å². The fourth-order valence-corrected chi connectivity index (χ4v) is 4.97. The standard InChI is InChI=1S/C27H23BrN2O4S2/c1-3-33-23-14-18(6-13-22(23)34-16-25(31)29-20-9-4-17(2)5-10-20)15-24-26(32)30(27(35)36-24)21-11-7-19(28)8-12-21/h4-15H,3,16H2,1-2H3,(H,29,31)/b24-15-. The number of anilines is 2. The third-order valence-electron chi connectivity index (χ3n) is 5.14. The maximum absolute atomic E-state index is 13.1. The molecule has 36 heavy (non-hydrogen) atoms. The van der Waals surface area contributed by atoms with Crippen molar-refractivity contribution < 1.29 is 19.1 Å². The summed E-state index contributed by atoms with van der Waals surface area (Å²) < 4.78 is 12.9. The van der Waals surface area contributed by atoms with Crippen molar-refractivity contribution in [3.8, 4) is 11.5 Å². The van der Waals surface area contributed by atoms with Gasteiger partial charge in [-0.2, -0.15) is 0 Å². The summed E-state index contributed by atoms with van der Waals surface area (Å²) in [5.41, 5.74) is 3.29. The normalized spacial score (nSPS) is 14.3. The minimum Gasteiger partial charge on any atom is -0.490 e. The third kappa shape index (κ3) is 6.34. The van der Waals surface area contributed by atoms with Crippen LogP contribution in [0.1, 0.15) is 18.1 Å². The summed E-state index contributed by atoms with van der Waals surface area (Å²) in [4.78, 5) is 27.4. The Morgan fingerprint density at radius 2 is 1.78 bits per heavy atom. The molecule has 1 saturated heterocycles. The van der Waals surface area contributed by atoms with E-state index >= 15 is 0 Å². The van der Waals surface area contributed by atoms with E-state index < -0.39 is 0 Å². The summed E-state index contributed by atoms with van der Waals surface area (Å²) in [6.07, 6.45) is 1.77. The fourth-order valence-electron chi connectivity index (χ4n) is 3.41. The molecule has 0 atom stereocenters. The number of rotatable bonds is 8. The number of aryl methyl sites for hydroxylation is 1. The summed E-state index contributed by atoms with van der Waals surface area (Å²) in [5.74, 6) is 0.466. The van der Waals surface area contributed by atoms with E-state index in [1.807, 2.05) is 68.4 Å². The Hall–Kier alpha value is -3.14. The first kappa shape index (κ1) is 25.9. The second-order valence-corrected chi connectivity index (χ2v) is 10.4. The third-order valence-corrected chi connectivity index (χ3v) is 6.97. The molecule has 0 unspecified atom stereocenters. The highest BCUT2D eigenvalue weighted by Crippen LogP contribution is 2.37. The van der Waals surface area contributed by atoms with Crippen LogP contribution in [0.4, 0.5) is 11.4 Å². The molecule has 4 rings (SSSR count). The summed E-state index contributed by atoms with van der Waals surface area (Å²) in [5, 5.41) is 2.81. The first-order valence-electron chi connectivity index (χ1n) is 11.1. The Bertz CT molecular complexity index is 1320. The largest absolute Gasteiger partial charge is 0.490 e. The van der Waals surface area contributed by atoms with Gasteiger partial charge in [0.05, 0.1) is 17.2 Å². The molecule has 0 saturated carbocycles. The molecule has 9 heteroatoms. The second-order valence-electron chi connectivity index (χ2n) is 7.84. The molecule has 1 aliphatic rings. The molecule has 0 bridgehead atoms. The highest BCUT2D eigenvalue weighted by molar-refractivity contribution is 9.10. The predicted octanol–water partition coefficient (Wildman–Crippen LogP) is 6.58. The van der Waals surface area contributed by atoms with E-state index in [0.29, 0.717) is 38.7 Å². The monoisotopic (exact) mass is 582 g/mol. The molecule has 3 aromatic carbocycles. The lowest BCUT2D eigenvalue weighted by Crippen LogP contribution is -2.27. The summed E-state index contributed by atoms with van der Waals surface area (Å²) >= 11 is 10.1. The van der Waals surface area contributed by atoms with Gasteiger partial charge in [0.25, 0.3) is 11.8 Å². The second kappa shape index (κ2) is 11.7. The number of amides is 2. The molecule has 3 aromatic rings. The quantitative estimate of drug-likeness (QED) is 0.239. The van der Waals surface area contributed by atoms with E-state index in [1.54, 1.807) is 18.2 Å². The van der Waals surface area contributed by atoms with Crippen LogP contribution in [0, 0.1) is 6.92 Å². The number of hydrogen-bond donors (Lipinski definition) is 1. The smallest absolute Gasteiger partial charge is 0.270 e. The summed E-state index contributed by atoms with van der Waals surface area (Å²) in [7, 11) is 0. The van der Waals surface area contributed by atoms with Crippen LogP contribution < -0.4 is 19.7 Å². The van der Waals surface area contributed by atoms with Crippen LogP contribution in [-0.2, 0) is 9.59 Å². The molecule has 2 amide bonds. The number of carbonyl (C=O) groups is 2. The molecular weight excluding hydrogens is 560 g/mol. The van der Waals surface area contributed by atoms with Crippen LogP contribution in [0.2, 0.25) is 0 Å². The molecule has 1 heterocycles. The fraction of sp³-hybridized carbons (Fsp3) is 0.148. The van der Waals surface area contributed by atoms with Crippen LogP contribution in [-0.4, -0.2) is 29.3 Å². The van der Waals surface area contributed by atoms with Gasteiger partial charge in [0.15, 0.2) is 22.4 Å². The average Bonchev–Trinajstić information content (AvgIpc) is 3.13. The highest BCUT2D eigenvalue weighted by atomic mass is 79.9. The number of nitrogens with zero attached hydrogens (tertiary/aromatic N) is 1. The van der Waals surface area contributed by atoms with E-state index in [2.05, 4.69) is 21.2 Å². The zero-order valence-corrected chi connectivity index (χ0v) is 22.8. The maximum atomic E-state index is 13.1. The van der Waals surface area contributed by atoms with Crippen LogP contribution in [0.15, 0.2) is 76.1 Å². The van der Waals surface area contributed by atoms with Crippen LogP contribution >= 0.6 is 39.9 Å². The number of benzene rings is 3. The Labute approximate surface area is 227 Å². The van der Waals surface area contributed by atoms with Crippen LogP contribution in [0.5, 0.6) is 11.5 Å². The minimum atomic E-state index is -0.276. The van der Waals surface area contributed by atoms with Crippen molar-refractivity contribution in [3.63, 3.8) is 0 Å². The van der Waals surface area contributed by atoms with Crippen molar-refractivity contribution in [2.24, 2.45) is 0 Å². The number of ether oxygens (including phenoxy) is 2. The van der Waals surface area contributed by atoms with Crippen LogP contribution in [0.3, 0.4) is 0 Å². The lowest BCUT2D eigenvalue weighted by Gasteiger charge is -2.14. The highest BCUT2D eigenvalue weighted by Gasteiger charge is 2.33. The van der Waals surface area contributed by atoms with E-state index in [1.165, 1.54) is 16.7 Å². The zero-order chi connectivity index (χ0) is 25.7. The Kier molecular flexibility index (Phi) is 8.45. The van der Waals surface area contributed by atoms with E-state index in [9.17, 15) is 9.59 Å². The van der Waals surface area contributed by atoms with Gasteiger partial charge in [-0.25, -0.2) is 0 Å². The van der Waals surface area contributed by atoms with Crippen molar-refractivity contribution in [3.05, 3.63) is 87.2 Å². The summed E-state index contributed by atoms with van der Waals surface area (Å²) in [6.45, 7) is 4.10. The Morgan fingerprint density at radius 1 is 1.06 bits per heavy atom. The SMILES string of the molecule is CCOc1cc(/C=C2\SC(=S)N(c3ccc(Br)cc3)C2=O)ccc1OCC(=O)Nc1ccc(C)cc1. The minimum absolute atomic E-state index is 0.168. The predicted molar refractivity (Wildman–Crippen MR) is 153 cm³/mol. The summed E-state index contributed by atoms with van der Waals surface area (Å²) in [6, 6.07) is 20.3. The number of thiocarbonyl (C=S) groups is 1. The van der Waals surface area contributed by atoms with Gasteiger partial charge < -0.3 is 14.8 Å². The van der Waals surface area contributed by atoms with E-state index in [-0.39, 0.29) is 18.4 Å². The number of nitrogens with one attached hydrogen (secondary N) is 1. The maximum Gasteiger partial charge on any atom is 0.270 e. The number of carbonyl (C=O) groups excluding carboxylic acids is 2. The van der Waals surface area contributed by atoms with Gasteiger partial charge in [-0.1, -0.05) is 63.7 Å². The van der Waals surface area contributed by atoms with Crippen molar-refractivity contribution in [1.29, 1.82) is 0 Å². The molecule has 184 valence electrons. The average molecular weight is 584 g/mol.